The molecule has 0 heterocycles. The number of nitrogens with zero attached hydrogens (tertiary/aromatic N) is 1. The SMILES string of the molecule is CC(=O)OC1(C)CCCCC1=NO. The molecule has 0 amide bonds. The van der Waals surface area contributed by atoms with Gasteiger partial charge in [-0.1, -0.05) is 5.16 Å². The standard InChI is InChI=1S/C9H15NO3/c1-7(11)13-9(2)6-4-3-5-8(9)10-12/h12H,3-6H2,1-2H3. The highest BCUT2D eigenvalue weighted by Crippen LogP contribution is 2.29. The van der Waals surface area contributed by atoms with E-state index in [0.717, 1.165) is 19.3 Å². The van der Waals surface area contributed by atoms with Gasteiger partial charge in [-0.3, -0.25) is 4.79 Å². The molecular weight excluding hydrogens is 170 g/mol. The lowest BCUT2D eigenvalue weighted by Crippen LogP contribution is -2.42. The molecule has 1 atom stereocenters. The Balaban J connectivity index is 2.77. The first-order valence-corrected chi connectivity index (χ1v) is 4.49. The van der Waals surface area contributed by atoms with Crippen LogP contribution in [-0.4, -0.2) is 22.5 Å². The Labute approximate surface area is 77.6 Å². The van der Waals surface area contributed by atoms with Crippen LogP contribution in [0.2, 0.25) is 0 Å². The van der Waals surface area contributed by atoms with Crippen molar-refractivity contribution in [1.29, 1.82) is 0 Å². The fraction of sp³-hybridized carbons (Fsp3) is 0.778. The highest BCUT2D eigenvalue weighted by Gasteiger charge is 2.36. The number of carbonyl (C=O) groups is 1. The Morgan fingerprint density at radius 2 is 2.31 bits per heavy atom. The third-order valence-corrected chi connectivity index (χ3v) is 2.42. The number of carbonyl (C=O) groups excluding carboxylic acids is 1. The van der Waals surface area contributed by atoms with Crippen molar-refractivity contribution in [3.63, 3.8) is 0 Å². The lowest BCUT2D eigenvalue weighted by molar-refractivity contribution is -0.150. The van der Waals surface area contributed by atoms with Crippen LogP contribution in [0.1, 0.15) is 39.5 Å². The van der Waals surface area contributed by atoms with Crippen molar-refractivity contribution in [2.45, 2.75) is 45.1 Å². The van der Waals surface area contributed by atoms with Crippen molar-refractivity contribution in [3.8, 4) is 0 Å². The zero-order chi connectivity index (χ0) is 9.90. The molecule has 0 aliphatic heterocycles. The summed E-state index contributed by atoms with van der Waals surface area (Å²) in [6.45, 7) is 3.16. The van der Waals surface area contributed by atoms with E-state index in [2.05, 4.69) is 5.16 Å². The monoisotopic (exact) mass is 185 g/mol. The van der Waals surface area contributed by atoms with E-state index in [1.54, 1.807) is 6.92 Å². The van der Waals surface area contributed by atoms with E-state index < -0.39 is 5.60 Å². The molecule has 0 aromatic rings. The van der Waals surface area contributed by atoms with Crippen LogP contribution < -0.4 is 0 Å². The van der Waals surface area contributed by atoms with Crippen molar-refractivity contribution in [2.75, 3.05) is 0 Å². The summed E-state index contributed by atoms with van der Waals surface area (Å²) in [5.74, 6) is -0.328. The molecule has 0 radical (unpaired) electrons. The van der Waals surface area contributed by atoms with Gasteiger partial charge in [0, 0.05) is 6.92 Å². The van der Waals surface area contributed by atoms with Crippen LogP contribution in [0.3, 0.4) is 0 Å². The quantitative estimate of drug-likeness (QED) is 0.384. The van der Waals surface area contributed by atoms with E-state index in [4.69, 9.17) is 9.94 Å². The van der Waals surface area contributed by atoms with Crippen molar-refractivity contribution in [1.82, 2.24) is 0 Å². The van der Waals surface area contributed by atoms with E-state index in [0.29, 0.717) is 12.1 Å². The molecule has 0 aromatic carbocycles. The minimum absolute atomic E-state index is 0.328. The summed E-state index contributed by atoms with van der Waals surface area (Å²) in [6, 6.07) is 0. The summed E-state index contributed by atoms with van der Waals surface area (Å²) < 4.78 is 5.15. The molecule has 1 unspecified atom stereocenters. The molecule has 0 aromatic heterocycles. The van der Waals surface area contributed by atoms with Crippen LogP contribution in [0.4, 0.5) is 0 Å². The number of esters is 1. The Hall–Kier alpha value is -1.06. The van der Waals surface area contributed by atoms with Gasteiger partial charge in [0.05, 0.1) is 0 Å². The lowest BCUT2D eigenvalue weighted by atomic mass is 9.84. The van der Waals surface area contributed by atoms with Gasteiger partial charge in [-0.05, 0) is 32.6 Å². The number of ether oxygens (including phenoxy) is 1. The van der Waals surface area contributed by atoms with Crippen LogP contribution in [-0.2, 0) is 9.53 Å². The van der Waals surface area contributed by atoms with Crippen molar-refractivity contribution >= 4 is 11.7 Å². The van der Waals surface area contributed by atoms with Crippen LogP contribution in [0, 0.1) is 0 Å². The first kappa shape index (κ1) is 10.0. The second-order valence-corrected chi connectivity index (χ2v) is 3.58. The van der Waals surface area contributed by atoms with Gasteiger partial charge in [0.2, 0.25) is 0 Å². The highest BCUT2D eigenvalue weighted by atomic mass is 16.6. The normalized spacial score (nSPS) is 31.7. The summed E-state index contributed by atoms with van der Waals surface area (Å²) in [7, 11) is 0. The minimum Gasteiger partial charge on any atom is -0.453 e. The van der Waals surface area contributed by atoms with Gasteiger partial charge >= 0.3 is 5.97 Å². The van der Waals surface area contributed by atoms with E-state index in [-0.39, 0.29) is 5.97 Å². The molecular formula is C9H15NO3. The average molecular weight is 185 g/mol. The van der Waals surface area contributed by atoms with E-state index in [1.807, 2.05) is 0 Å². The first-order chi connectivity index (χ1) is 6.08. The maximum absolute atomic E-state index is 10.8. The van der Waals surface area contributed by atoms with Crippen molar-refractivity contribution in [2.24, 2.45) is 5.16 Å². The first-order valence-electron chi connectivity index (χ1n) is 4.49. The molecule has 1 N–H and O–H groups in total. The second kappa shape index (κ2) is 3.77. The Bertz CT molecular complexity index is 237. The molecule has 0 bridgehead atoms. The lowest BCUT2D eigenvalue weighted by Gasteiger charge is -2.33. The molecule has 0 saturated heterocycles. The number of oxime groups is 1. The Morgan fingerprint density at radius 1 is 1.62 bits per heavy atom. The van der Waals surface area contributed by atoms with Gasteiger partial charge in [-0.2, -0.15) is 0 Å². The average Bonchev–Trinajstić information content (AvgIpc) is 2.03. The van der Waals surface area contributed by atoms with Crippen molar-refractivity contribution < 1.29 is 14.7 Å². The third kappa shape index (κ3) is 2.20. The third-order valence-electron chi connectivity index (χ3n) is 2.42. The summed E-state index contributed by atoms with van der Waals surface area (Å²) in [5, 5.41) is 11.9. The van der Waals surface area contributed by atoms with Gasteiger partial charge in [-0.25, -0.2) is 0 Å². The van der Waals surface area contributed by atoms with Gasteiger partial charge in [0.25, 0.3) is 0 Å². The van der Waals surface area contributed by atoms with E-state index in [1.165, 1.54) is 6.92 Å². The molecule has 74 valence electrons. The zero-order valence-electron chi connectivity index (χ0n) is 8.04. The number of hydrogen-bond donors (Lipinski definition) is 1. The molecule has 1 aliphatic rings. The predicted octanol–water partition coefficient (Wildman–Crippen LogP) is 1.71. The smallest absolute Gasteiger partial charge is 0.303 e. The topological polar surface area (TPSA) is 58.9 Å². The molecule has 1 aliphatic carbocycles. The highest BCUT2D eigenvalue weighted by molar-refractivity contribution is 5.94. The predicted molar refractivity (Wildman–Crippen MR) is 47.9 cm³/mol. The largest absolute Gasteiger partial charge is 0.453 e. The van der Waals surface area contributed by atoms with Crippen LogP contribution in [0.15, 0.2) is 5.16 Å². The van der Waals surface area contributed by atoms with E-state index in [9.17, 15) is 4.79 Å². The summed E-state index contributed by atoms with van der Waals surface area (Å²) in [5.41, 5.74) is -0.104. The fourth-order valence-electron chi connectivity index (χ4n) is 1.75. The molecule has 4 heteroatoms. The molecule has 13 heavy (non-hydrogen) atoms. The summed E-state index contributed by atoms with van der Waals surface area (Å²) in [6.07, 6.45) is 3.45. The Morgan fingerprint density at radius 3 is 2.85 bits per heavy atom. The maximum Gasteiger partial charge on any atom is 0.303 e. The summed E-state index contributed by atoms with van der Waals surface area (Å²) in [4.78, 5) is 10.8. The molecule has 1 rings (SSSR count). The molecule has 0 spiro atoms. The molecule has 4 nitrogen and oxygen atoms in total. The van der Waals surface area contributed by atoms with Gasteiger partial charge in [0.15, 0.2) is 5.60 Å². The number of rotatable bonds is 1. The zero-order valence-corrected chi connectivity index (χ0v) is 8.04. The van der Waals surface area contributed by atoms with Gasteiger partial charge < -0.3 is 9.94 Å². The maximum atomic E-state index is 10.8. The number of hydrogen-bond acceptors (Lipinski definition) is 4. The minimum atomic E-state index is -0.682. The van der Waals surface area contributed by atoms with Crippen LogP contribution in [0.25, 0.3) is 0 Å². The van der Waals surface area contributed by atoms with Crippen LogP contribution in [0.5, 0.6) is 0 Å². The molecule has 1 fully saturated rings. The second-order valence-electron chi connectivity index (χ2n) is 3.58. The van der Waals surface area contributed by atoms with Crippen LogP contribution >= 0.6 is 0 Å². The fourth-order valence-corrected chi connectivity index (χ4v) is 1.75. The molecule has 1 saturated carbocycles. The Kier molecular flexibility index (Phi) is 2.90. The van der Waals surface area contributed by atoms with Gasteiger partial charge in [0.1, 0.15) is 5.71 Å². The van der Waals surface area contributed by atoms with Gasteiger partial charge in [-0.15, -0.1) is 0 Å². The van der Waals surface area contributed by atoms with E-state index >= 15 is 0 Å². The summed E-state index contributed by atoms with van der Waals surface area (Å²) >= 11 is 0. The van der Waals surface area contributed by atoms with Crippen molar-refractivity contribution in [3.05, 3.63) is 0 Å².